The number of furan rings is 1. The Morgan fingerprint density at radius 2 is 1.91 bits per heavy atom. The summed E-state index contributed by atoms with van der Waals surface area (Å²) in [5.41, 5.74) is -0.303. The predicted octanol–water partition coefficient (Wildman–Crippen LogP) is 2.42. The van der Waals surface area contributed by atoms with Gasteiger partial charge in [-0.05, 0) is 43.2 Å². The normalized spacial score (nSPS) is 14.7. The van der Waals surface area contributed by atoms with Crippen LogP contribution in [0.5, 0.6) is 0 Å². The highest BCUT2D eigenvalue weighted by molar-refractivity contribution is 7.89. The molecule has 120 valence electrons. The summed E-state index contributed by atoms with van der Waals surface area (Å²) in [6, 6.07) is 10.0. The van der Waals surface area contributed by atoms with Gasteiger partial charge in [-0.15, -0.1) is 0 Å². The summed E-state index contributed by atoms with van der Waals surface area (Å²) in [4.78, 5) is 0.183. The van der Waals surface area contributed by atoms with Crippen LogP contribution in [0.15, 0.2) is 52.0 Å². The molecular formula is C16H21NO4S. The van der Waals surface area contributed by atoms with E-state index in [1.807, 2.05) is 12.1 Å². The predicted molar refractivity (Wildman–Crippen MR) is 83.9 cm³/mol. The number of hydrogen-bond acceptors (Lipinski definition) is 4. The van der Waals surface area contributed by atoms with Crippen LogP contribution < -0.4 is 4.72 Å². The molecule has 0 fully saturated rings. The summed E-state index contributed by atoms with van der Waals surface area (Å²) in [5.74, 6) is 0.313. The van der Waals surface area contributed by atoms with Crippen molar-refractivity contribution in [3.63, 3.8) is 0 Å². The first-order valence-electron chi connectivity index (χ1n) is 7.20. The molecule has 0 aliphatic carbocycles. The summed E-state index contributed by atoms with van der Waals surface area (Å²) >= 11 is 0. The lowest BCUT2D eigenvalue weighted by Gasteiger charge is -2.21. The van der Waals surface area contributed by atoms with Crippen LogP contribution in [-0.2, 0) is 22.0 Å². The van der Waals surface area contributed by atoms with Gasteiger partial charge in [0.25, 0.3) is 0 Å². The number of nitrogens with one attached hydrogen (secondary N) is 1. The van der Waals surface area contributed by atoms with Gasteiger partial charge in [0, 0.05) is 6.54 Å². The standard InChI is InChI=1S/C16H21NO4S/c1-3-5-13-7-9-14(10-8-13)22(19,20)17-12-16(2,18)15-6-4-11-21-15/h4,6-11,17-18H,3,5,12H2,1-2H3. The zero-order valence-electron chi connectivity index (χ0n) is 12.7. The Kier molecular flexibility index (Phi) is 5.05. The number of benzene rings is 1. The minimum Gasteiger partial charge on any atom is -0.466 e. The molecule has 1 atom stereocenters. The van der Waals surface area contributed by atoms with Crippen molar-refractivity contribution < 1.29 is 17.9 Å². The fourth-order valence-electron chi connectivity index (χ4n) is 2.11. The van der Waals surface area contributed by atoms with Gasteiger partial charge in [-0.2, -0.15) is 0 Å². The van der Waals surface area contributed by atoms with E-state index in [-0.39, 0.29) is 11.4 Å². The summed E-state index contributed by atoms with van der Waals surface area (Å²) in [6.45, 7) is 3.40. The summed E-state index contributed by atoms with van der Waals surface area (Å²) < 4.78 is 32.1. The SMILES string of the molecule is CCCc1ccc(S(=O)(=O)NCC(C)(O)c2ccco2)cc1. The molecule has 1 aromatic heterocycles. The van der Waals surface area contributed by atoms with E-state index in [1.165, 1.54) is 13.2 Å². The Labute approximate surface area is 131 Å². The highest BCUT2D eigenvalue weighted by Gasteiger charge is 2.28. The van der Waals surface area contributed by atoms with E-state index in [0.29, 0.717) is 5.76 Å². The van der Waals surface area contributed by atoms with E-state index >= 15 is 0 Å². The van der Waals surface area contributed by atoms with Gasteiger partial charge in [0.05, 0.1) is 11.2 Å². The molecule has 0 aliphatic rings. The fourth-order valence-corrected chi connectivity index (χ4v) is 3.25. The number of aliphatic hydroxyl groups is 1. The largest absolute Gasteiger partial charge is 0.466 e. The van der Waals surface area contributed by atoms with Crippen LogP contribution in [0, 0.1) is 0 Å². The molecule has 0 spiro atoms. The lowest BCUT2D eigenvalue weighted by Crippen LogP contribution is -2.38. The minimum absolute atomic E-state index is 0.167. The second-order valence-corrected chi connectivity index (χ2v) is 7.24. The molecule has 0 saturated heterocycles. The molecule has 2 N–H and O–H groups in total. The maximum absolute atomic E-state index is 12.3. The van der Waals surface area contributed by atoms with Crippen molar-refractivity contribution in [2.24, 2.45) is 0 Å². The Morgan fingerprint density at radius 1 is 1.23 bits per heavy atom. The van der Waals surface area contributed by atoms with E-state index in [9.17, 15) is 13.5 Å². The van der Waals surface area contributed by atoms with Crippen LogP contribution in [0.2, 0.25) is 0 Å². The molecular weight excluding hydrogens is 302 g/mol. The van der Waals surface area contributed by atoms with E-state index in [2.05, 4.69) is 11.6 Å². The Balaban J connectivity index is 2.08. The third kappa shape index (κ3) is 3.97. The van der Waals surface area contributed by atoms with Crippen molar-refractivity contribution >= 4 is 10.0 Å². The van der Waals surface area contributed by atoms with E-state index in [0.717, 1.165) is 18.4 Å². The van der Waals surface area contributed by atoms with Crippen LogP contribution in [-0.4, -0.2) is 20.1 Å². The lowest BCUT2D eigenvalue weighted by molar-refractivity contribution is 0.0395. The van der Waals surface area contributed by atoms with Gasteiger partial charge in [0.15, 0.2) is 0 Å². The third-order valence-corrected chi connectivity index (χ3v) is 4.85. The molecule has 1 unspecified atom stereocenters. The van der Waals surface area contributed by atoms with Crippen LogP contribution in [0.4, 0.5) is 0 Å². The summed E-state index contributed by atoms with van der Waals surface area (Å²) in [5, 5.41) is 10.3. The molecule has 0 saturated carbocycles. The average Bonchev–Trinajstić information content (AvgIpc) is 3.02. The van der Waals surface area contributed by atoms with Gasteiger partial charge in [0.2, 0.25) is 10.0 Å². The smallest absolute Gasteiger partial charge is 0.240 e. The monoisotopic (exact) mass is 323 g/mol. The third-order valence-electron chi connectivity index (χ3n) is 3.43. The molecule has 6 heteroatoms. The molecule has 1 heterocycles. The molecule has 5 nitrogen and oxygen atoms in total. The van der Waals surface area contributed by atoms with Crippen molar-refractivity contribution in [1.29, 1.82) is 0 Å². The number of hydrogen-bond donors (Lipinski definition) is 2. The molecule has 0 bridgehead atoms. The quantitative estimate of drug-likeness (QED) is 0.820. The maximum Gasteiger partial charge on any atom is 0.240 e. The van der Waals surface area contributed by atoms with Gasteiger partial charge in [-0.25, -0.2) is 13.1 Å². The first kappa shape index (κ1) is 16.7. The number of rotatable bonds is 7. The second-order valence-electron chi connectivity index (χ2n) is 5.47. The first-order chi connectivity index (χ1) is 10.3. The molecule has 2 rings (SSSR count). The zero-order valence-corrected chi connectivity index (χ0v) is 13.6. The van der Waals surface area contributed by atoms with Crippen LogP contribution in [0.1, 0.15) is 31.6 Å². The number of sulfonamides is 1. The highest BCUT2D eigenvalue weighted by Crippen LogP contribution is 2.21. The maximum atomic E-state index is 12.3. The van der Waals surface area contributed by atoms with Crippen molar-refractivity contribution in [2.75, 3.05) is 6.54 Å². The summed E-state index contributed by atoms with van der Waals surface area (Å²) in [7, 11) is -3.67. The van der Waals surface area contributed by atoms with Crippen molar-refractivity contribution in [2.45, 2.75) is 37.2 Å². The molecule has 22 heavy (non-hydrogen) atoms. The lowest BCUT2D eigenvalue weighted by atomic mass is 10.1. The molecule has 0 radical (unpaired) electrons. The molecule has 0 aliphatic heterocycles. The topological polar surface area (TPSA) is 79.5 Å². The van der Waals surface area contributed by atoms with Gasteiger partial charge >= 0.3 is 0 Å². The van der Waals surface area contributed by atoms with E-state index < -0.39 is 15.6 Å². The Bertz CT molecular complexity index is 688. The molecule has 2 aromatic rings. The molecule has 1 aromatic carbocycles. The van der Waals surface area contributed by atoms with Crippen LogP contribution >= 0.6 is 0 Å². The highest BCUT2D eigenvalue weighted by atomic mass is 32.2. The summed E-state index contributed by atoms with van der Waals surface area (Å²) in [6.07, 6.45) is 3.36. The fraction of sp³-hybridized carbons (Fsp3) is 0.375. The van der Waals surface area contributed by atoms with Gasteiger partial charge in [0.1, 0.15) is 11.4 Å². The molecule has 0 amide bonds. The Morgan fingerprint density at radius 3 is 2.45 bits per heavy atom. The zero-order chi connectivity index (χ0) is 16.2. The van der Waals surface area contributed by atoms with Gasteiger partial charge in [-0.3, -0.25) is 0 Å². The average molecular weight is 323 g/mol. The van der Waals surface area contributed by atoms with Gasteiger partial charge in [-0.1, -0.05) is 25.5 Å². The van der Waals surface area contributed by atoms with Crippen molar-refractivity contribution in [3.8, 4) is 0 Å². The van der Waals surface area contributed by atoms with Crippen molar-refractivity contribution in [3.05, 3.63) is 54.0 Å². The second kappa shape index (κ2) is 6.64. The van der Waals surface area contributed by atoms with Crippen molar-refractivity contribution in [1.82, 2.24) is 4.72 Å². The number of aryl methyl sites for hydroxylation is 1. The van der Waals surface area contributed by atoms with Gasteiger partial charge < -0.3 is 9.52 Å². The van der Waals surface area contributed by atoms with Crippen LogP contribution in [0.25, 0.3) is 0 Å². The first-order valence-corrected chi connectivity index (χ1v) is 8.68. The van der Waals surface area contributed by atoms with E-state index in [4.69, 9.17) is 4.42 Å². The Hall–Kier alpha value is -1.63. The van der Waals surface area contributed by atoms with E-state index in [1.54, 1.807) is 24.3 Å². The van der Waals surface area contributed by atoms with Crippen LogP contribution in [0.3, 0.4) is 0 Å². The minimum atomic E-state index is -3.67.